The maximum Gasteiger partial charge on any atom is 0.168 e. The Balaban J connectivity index is 2.85. The molecular formula is C22H31NO2. The number of allylic oxidation sites excluding steroid dienone is 2. The molecule has 1 unspecified atom stereocenters. The summed E-state index contributed by atoms with van der Waals surface area (Å²) < 4.78 is 5.24. The van der Waals surface area contributed by atoms with E-state index in [4.69, 9.17) is 4.74 Å². The quantitative estimate of drug-likeness (QED) is 0.453. The Labute approximate surface area is 152 Å². The van der Waals surface area contributed by atoms with Gasteiger partial charge in [-0.3, -0.25) is 4.79 Å². The summed E-state index contributed by atoms with van der Waals surface area (Å²) in [6, 6.07) is 7.37. The van der Waals surface area contributed by atoms with Crippen LogP contribution >= 0.6 is 0 Å². The average molecular weight is 341 g/mol. The molecule has 0 heterocycles. The Morgan fingerprint density at radius 3 is 2.60 bits per heavy atom. The summed E-state index contributed by atoms with van der Waals surface area (Å²) >= 11 is 0. The third-order valence-electron chi connectivity index (χ3n) is 4.78. The van der Waals surface area contributed by atoms with Gasteiger partial charge in [-0.05, 0) is 30.7 Å². The SMILES string of the molecule is C=C/C=C(\C=C)CN(C)CC(C)C(C)(C)C(=O)c1cccc(OC)c1. The zero-order valence-electron chi connectivity index (χ0n) is 16.2. The molecule has 0 radical (unpaired) electrons. The maximum atomic E-state index is 13.0. The first-order chi connectivity index (χ1) is 11.8. The molecule has 0 fully saturated rings. The topological polar surface area (TPSA) is 29.5 Å². The van der Waals surface area contributed by atoms with Crippen molar-refractivity contribution < 1.29 is 9.53 Å². The number of likely N-dealkylation sites (N-methyl/N-ethyl adjacent to an activating group) is 1. The van der Waals surface area contributed by atoms with Gasteiger partial charge in [0.25, 0.3) is 0 Å². The highest BCUT2D eigenvalue weighted by Gasteiger charge is 2.35. The third-order valence-corrected chi connectivity index (χ3v) is 4.78. The van der Waals surface area contributed by atoms with Gasteiger partial charge in [0.05, 0.1) is 7.11 Å². The van der Waals surface area contributed by atoms with E-state index in [1.165, 1.54) is 0 Å². The highest BCUT2D eigenvalue weighted by molar-refractivity contribution is 6.00. The molecule has 0 aliphatic carbocycles. The summed E-state index contributed by atoms with van der Waals surface area (Å²) in [5.74, 6) is 1.03. The number of Topliss-reactive ketones (excluding diaryl/α,β-unsaturated/α-hetero) is 1. The van der Waals surface area contributed by atoms with Crippen LogP contribution in [0.3, 0.4) is 0 Å². The van der Waals surface area contributed by atoms with Crippen molar-refractivity contribution in [1.29, 1.82) is 0 Å². The molecule has 3 nitrogen and oxygen atoms in total. The Hall–Kier alpha value is -2.13. The second-order valence-electron chi connectivity index (χ2n) is 7.06. The largest absolute Gasteiger partial charge is 0.497 e. The maximum absolute atomic E-state index is 13.0. The molecule has 0 N–H and O–H groups in total. The van der Waals surface area contributed by atoms with Crippen LogP contribution < -0.4 is 4.74 Å². The van der Waals surface area contributed by atoms with Crippen molar-refractivity contribution in [2.24, 2.45) is 11.3 Å². The van der Waals surface area contributed by atoms with E-state index in [2.05, 4.69) is 32.0 Å². The van der Waals surface area contributed by atoms with Crippen LogP contribution in [0.1, 0.15) is 31.1 Å². The molecule has 0 aromatic heterocycles. The van der Waals surface area contributed by atoms with Gasteiger partial charge in [-0.1, -0.05) is 64.3 Å². The predicted octanol–water partition coefficient (Wildman–Crippen LogP) is 4.77. The Morgan fingerprint density at radius 2 is 2.04 bits per heavy atom. The second kappa shape index (κ2) is 9.38. The number of hydrogen-bond acceptors (Lipinski definition) is 3. The monoisotopic (exact) mass is 341 g/mol. The number of ketones is 1. The van der Waals surface area contributed by atoms with E-state index >= 15 is 0 Å². The fraction of sp³-hybridized carbons (Fsp3) is 0.409. The van der Waals surface area contributed by atoms with E-state index in [0.717, 1.165) is 18.7 Å². The lowest BCUT2D eigenvalue weighted by Crippen LogP contribution is -2.38. The summed E-state index contributed by atoms with van der Waals surface area (Å²) in [5, 5.41) is 0. The highest BCUT2D eigenvalue weighted by atomic mass is 16.5. The van der Waals surface area contributed by atoms with Crippen LogP contribution in [0.25, 0.3) is 0 Å². The lowest BCUT2D eigenvalue weighted by atomic mass is 9.74. The van der Waals surface area contributed by atoms with E-state index < -0.39 is 5.41 Å². The number of carbonyl (C=O) groups is 1. The lowest BCUT2D eigenvalue weighted by Gasteiger charge is -2.33. The van der Waals surface area contributed by atoms with Crippen molar-refractivity contribution in [2.45, 2.75) is 20.8 Å². The Morgan fingerprint density at radius 1 is 1.36 bits per heavy atom. The second-order valence-corrected chi connectivity index (χ2v) is 7.06. The van der Waals surface area contributed by atoms with Gasteiger partial charge in [-0.2, -0.15) is 0 Å². The molecule has 0 saturated heterocycles. The Kier molecular flexibility index (Phi) is 7.85. The molecule has 25 heavy (non-hydrogen) atoms. The van der Waals surface area contributed by atoms with Crippen molar-refractivity contribution in [3.8, 4) is 5.75 Å². The minimum absolute atomic E-state index is 0.137. The minimum Gasteiger partial charge on any atom is -0.497 e. The fourth-order valence-electron chi connectivity index (χ4n) is 2.77. The summed E-state index contributed by atoms with van der Waals surface area (Å²) in [5.41, 5.74) is 1.33. The molecule has 1 rings (SSSR count). The van der Waals surface area contributed by atoms with Crippen molar-refractivity contribution in [3.05, 3.63) is 66.8 Å². The van der Waals surface area contributed by atoms with Crippen LogP contribution in [0.5, 0.6) is 5.75 Å². The van der Waals surface area contributed by atoms with Crippen LogP contribution in [0.2, 0.25) is 0 Å². The number of ether oxygens (including phenoxy) is 1. The number of hydrogen-bond donors (Lipinski definition) is 0. The van der Waals surface area contributed by atoms with E-state index in [1.54, 1.807) is 13.2 Å². The van der Waals surface area contributed by atoms with E-state index in [-0.39, 0.29) is 11.7 Å². The van der Waals surface area contributed by atoms with Crippen LogP contribution in [0.4, 0.5) is 0 Å². The standard InChI is InChI=1S/C22H31NO2/c1-8-11-18(9-2)16-23(6)15-17(3)22(4,5)21(24)19-12-10-13-20(14-19)25-7/h8-14,17H,1-2,15-16H2,3-7H3/b18-11+. The van der Waals surface area contributed by atoms with Gasteiger partial charge in [-0.25, -0.2) is 0 Å². The van der Waals surface area contributed by atoms with Crippen LogP contribution in [-0.4, -0.2) is 37.9 Å². The van der Waals surface area contributed by atoms with Gasteiger partial charge >= 0.3 is 0 Å². The zero-order valence-corrected chi connectivity index (χ0v) is 16.2. The van der Waals surface area contributed by atoms with E-state index in [1.807, 2.05) is 50.3 Å². The van der Waals surface area contributed by atoms with Crippen molar-refractivity contribution in [3.63, 3.8) is 0 Å². The first-order valence-electron chi connectivity index (χ1n) is 8.57. The molecule has 3 heteroatoms. The summed E-state index contributed by atoms with van der Waals surface area (Å²) in [6.07, 6.45) is 5.57. The molecule has 136 valence electrons. The van der Waals surface area contributed by atoms with E-state index in [9.17, 15) is 4.79 Å². The molecule has 0 saturated carbocycles. The van der Waals surface area contributed by atoms with Gasteiger partial charge in [0.2, 0.25) is 0 Å². The molecule has 0 amide bonds. The van der Waals surface area contributed by atoms with Crippen LogP contribution in [-0.2, 0) is 0 Å². The number of rotatable bonds is 10. The molecular weight excluding hydrogens is 310 g/mol. The van der Waals surface area contributed by atoms with Gasteiger partial charge in [-0.15, -0.1) is 0 Å². The molecule has 1 aromatic carbocycles. The molecule has 1 aromatic rings. The third kappa shape index (κ3) is 5.71. The highest BCUT2D eigenvalue weighted by Crippen LogP contribution is 2.32. The summed E-state index contributed by atoms with van der Waals surface area (Å²) in [6.45, 7) is 15.3. The number of nitrogens with zero attached hydrogens (tertiary/aromatic N) is 1. The number of methoxy groups -OCH3 is 1. The Bertz CT molecular complexity index is 643. The molecule has 0 bridgehead atoms. The smallest absolute Gasteiger partial charge is 0.168 e. The molecule has 0 aliphatic rings. The predicted molar refractivity (Wildman–Crippen MR) is 106 cm³/mol. The van der Waals surface area contributed by atoms with Crippen molar-refractivity contribution >= 4 is 5.78 Å². The number of carbonyl (C=O) groups excluding carboxylic acids is 1. The minimum atomic E-state index is -0.475. The normalized spacial score (nSPS) is 13.4. The van der Waals surface area contributed by atoms with Gasteiger partial charge in [0, 0.05) is 24.1 Å². The van der Waals surface area contributed by atoms with Crippen LogP contribution in [0.15, 0.2) is 61.2 Å². The van der Waals surface area contributed by atoms with Crippen molar-refractivity contribution in [1.82, 2.24) is 4.90 Å². The van der Waals surface area contributed by atoms with Gasteiger partial charge in [0.15, 0.2) is 5.78 Å². The fourth-order valence-corrected chi connectivity index (χ4v) is 2.77. The molecule has 0 aliphatic heterocycles. The molecule has 1 atom stereocenters. The van der Waals surface area contributed by atoms with Gasteiger partial charge in [0.1, 0.15) is 5.75 Å². The zero-order chi connectivity index (χ0) is 19.0. The first kappa shape index (κ1) is 20.9. The lowest BCUT2D eigenvalue weighted by molar-refractivity contribution is 0.0722. The van der Waals surface area contributed by atoms with Gasteiger partial charge < -0.3 is 9.64 Å². The average Bonchev–Trinajstić information content (AvgIpc) is 2.60. The summed E-state index contributed by atoms with van der Waals surface area (Å²) in [7, 11) is 3.67. The van der Waals surface area contributed by atoms with Crippen LogP contribution in [0, 0.1) is 11.3 Å². The molecule has 0 spiro atoms. The number of benzene rings is 1. The first-order valence-corrected chi connectivity index (χ1v) is 8.57. The summed E-state index contributed by atoms with van der Waals surface area (Å²) in [4.78, 5) is 15.2. The van der Waals surface area contributed by atoms with E-state index in [0.29, 0.717) is 11.3 Å². The van der Waals surface area contributed by atoms with Crippen molar-refractivity contribution in [2.75, 3.05) is 27.2 Å².